The second-order valence-electron chi connectivity index (χ2n) is 7.12. The highest BCUT2D eigenvalue weighted by molar-refractivity contribution is 6.13. The van der Waals surface area contributed by atoms with Gasteiger partial charge < -0.3 is 4.74 Å². The average Bonchev–Trinajstić information content (AvgIpc) is 2.69. The molecule has 3 aromatic carbocycles. The number of rotatable bonds is 1. The second kappa shape index (κ2) is 4.80. The third kappa shape index (κ3) is 1.46. The van der Waals surface area contributed by atoms with Crippen LogP contribution in [0.5, 0.6) is 0 Å². The molecule has 2 aliphatic rings. The third-order valence-corrected chi connectivity index (χ3v) is 6.14. The lowest BCUT2D eigenvalue weighted by molar-refractivity contribution is -0.0116. The van der Waals surface area contributed by atoms with Crippen LogP contribution < -0.4 is 0 Å². The lowest BCUT2D eigenvalue weighted by Gasteiger charge is -2.52. The lowest BCUT2D eigenvalue weighted by Crippen LogP contribution is -2.47. The fourth-order valence-electron chi connectivity index (χ4n) is 5.12. The normalized spacial score (nSPS) is 22.6. The Morgan fingerprint density at radius 1 is 0.885 bits per heavy atom. The zero-order chi connectivity index (χ0) is 17.3. The summed E-state index contributed by atoms with van der Waals surface area (Å²) >= 11 is 0. The van der Waals surface area contributed by atoms with Crippen molar-refractivity contribution in [2.24, 2.45) is 0 Å². The van der Waals surface area contributed by atoms with Crippen molar-refractivity contribution in [2.45, 2.75) is 11.5 Å². The van der Waals surface area contributed by atoms with Crippen molar-refractivity contribution in [3.8, 4) is 0 Å². The van der Waals surface area contributed by atoms with E-state index >= 15 is 0 Å². The largest absolute Gasteiger partial charge is 0.368 e. The maximum atomic E-state index is 6.32. The van der Waals surface area contributed by atoms with Crippen LogP contribution in [0.4, 0.5) is 0 Å². The van der Waals surface area contributed by atoms with Crippen molar-refractivity contribution in [3.63, 3.8) is 0 Å². The maximum Gasteiger partial charge on any atom is 0.129 e. The molecule has 0 saturated carbocycles. The van der Waals surface area contributed by atoms with Gasteiger partial charge in [0.25, 0.3) is 0 Å². The minimum absolute atomic E-state index is 0.229. The molecule has 0 bridgehead atoms. The van der Waals surface area contributed by atoms with E-state index in [1.54, 1.807) is 0 Å². The summed E-state index contributed by atoms with van der Waals surface area (Å²) in [7, 11) is 1.84. The van der Waals surface area contributed by atoms with Crippen LogP contribution in [0.3, 0.4) is 0 Å². The predicted octanol–water partition coefficient (Wildman–Crippen LogP) is 5.40. The molecular formula is C24H17NO. The molecule has 26 heavy (non-hydrogen) atoms. The summed E-state index contributed by atoms with van der Waals surface area (Å²) in [5, 5.41) is 5.02. The van der Waals surface area contributed by atoms with Gasteiger partial charge in [0, 0.05) is 36.4 Å². The minimum Gasteiger partial charge on any atom is -0.368 e. The number of hydrogen-bond acceptors (Lipinski definition) is 2. The number of ether oxygens (including phenoxy) is 1. The summed E-state index contributed by atoms with van der Waals surface area (Å²) in [6, 6.07) is 19.4. The van der Waals surface area contributed by atoms with Crippen molar-refractivity contribution in [2.75, 3.05) is 7.11 Å². The standard InChI is InChI=1S/C24H17NO/c1-26-24-20-9-5-2-6-15(20)10-11-21(24)22-17-12-13-25-14-19(17)16-7-3-4-8-18(16)23(22)24/h2-14,21H,1H3. The Morgan fingerprint density at radius 2 is 1.69 bits per heavy atom. The second-order valence-corrected chi connectivity index (χ2v) is 7.12. The Balaban J connectivity index is 1.84. The van der Waals surface area contributed by atoms with Crippen molar-refractivity contribution in [1.82, 2.24) is 4.98 Å². The van der Waals surface area contributed by atoms with Gasteiger partial charge in [0.2, 0.25) is 0 Å². The monoisotopic (exact) mass is 335 g/mol. The molecule has 0 aliphatic heterocycles. The Morgan fingerprint density at radius 3 is 2.58 bits per heavy atom. The molecule has 1 aromatic heterocycles. The van der Waals surface area contributed by atoms with Crippen LogP contribution in [0, 0.1) is 0 Å². The summed E-state index contributed by atoms with van der Waals surface area (Å²) in [6.07, 6.45) is 8.43. The van der Waals surface area contributed by atoms with Gasteiger partial charge in [0.1, 0.15) is 5.60 Å². The van der Waals surface area contributed by atoms with Gasteiger partial charge in [-0.05, 0) is 38.9 Å². The highest BCUT2D eigenvalue weighted by Gasteiger charge is 2.56. The van der Waals surface area contributed by atoms with Gasteiger partial charge >= 0.3 is 0 Å². The highest BCUT2D eigenvalue weighted by Crippen LogP contribution is 2.63. The first-order valence-electron chi connectivity index (χ1n) is 8.98. The zero-order valence-corrected chi connectivity index (χ0v) is 14.4. The molecule has 0 amide bonds. The zero-order valence-electron chi connectivity index (χ0n) is 14.4. The SMILES string of the molecule is COC12c3ccccc3C=CC1c1c2c2ccccc2c2cnccc12. The first kappa shape index (κ1) is 14.2. The minimum atomic E-state index is -0.405. The number of fused-ring (bicyclic) bond motifs is 11. The number of hydrogen-bond donors (Lipinski definition) is 0. The number of pyridine rings is 1. The van der Waals surface area contributed by atoms with Crippen LogP contribution in [-0.4, -0.2) is 12.1 Å². The van der Waals surface area contributed by atoms with E-state index < -0.39 is 5.60 Å². The van der Waals surface area contributed by atoms with E-state index in [9.17, 15) is 0 Å². The van der Waals surface area contributed by atoms with Gasteiger partial charge in [-0.3, -0.25) is 4.98 Å². The summed E-state index contributed by atoms with van der Waals surface area (Å²) in [6.45, 7) is 0. The van der Waals surface area contributed by atoms with E-state index in [0.717, 1.165) is 0 Å². The molecule has 4 aromatic rings. The first-order chi connectivity index (χ1) is 12.9. The van der Waals surface area contributed by atoms with Crippen molar-refractivity contribution >= 4 is 27.6 Å². The topological polar surface area (TPSA) is 22.1 Å². The Labute approximate surface area is 151 Å². The van der Waals surface area contributed by atoms with Gasteiger partial charge in [-0.2, -0.15) is 0 Å². The van der Waals surface area contributed by atoms with E-state index in [0.29, 0.717) is 0 Å². The Bertz CT molecular complexity index is 1240. The van der Waals surface area contributed by atoms with Gasteiger partial charge in [0.05, 0.1) is 0 Å². The smallest absolute Gasteiger partial charge is 0.129 e. The molecule has 0 fully saturated rings. The summed E-state index contributed by atoms with van der Waals surface area (Å²) < 4.78 is 6.32. The molecule has 2 nitrogen and oxygen atoms in total. The summed E-state index contributed by atoms with van der Waals surface area (Å²) in [5.74, 6) is 0.229. The number of benzene rings is 3. The van der Waals surface area contributed by atoms with Gasteiger partial charge in [-0.25, -0.2) is 0 Å². The van der Waals surface area contributed by atoms with Crippen molar-refractivity contribution in [1.29, 1.82) is 0 Å². The molecule has 0 N–H and O–H groups in total. The van der Waals surface area contributed by atoms with E-state index in [4.69, 9.17) is 4.74 Å². The molecule has 2 aliphatic carbocycles. The molecule has 124 valence electrons. The van der Waals surface area contributed by atoms with Crippen LogP contribution in [0.1, 0.15) is 28.2 Å². The summed E-state index contributed by atoms with van der Waals surface area (Å²) in [5.41, 5.74) is 4.80. The molecule has 2 unspecified atom stereocenters. The van der Waals surface area contributed by atoms with Crippen molar-refractivity contribution < 1.29 is 4.74 Å². The van der Waals surface area contributed by atoms with E-state index in [1.807, 2.05) is 19.5 Å². The molecule has 1 heterocycles. The van der Waals surface area contributed by atoms with Gasteiger partial charge in [-0.1, -0.05) is 60.7 Å². The van der Waals surface area contributed by atoms with Crippen LogP contribution in [0.15, 0.2) is 73.1 Å². The van der Waals surface area contributed by atoms with E-state index in [-0.39, 0.29) is 5.92 Å². The quantitative estimate of drug-likeness (QED) is 0.434. The lowest BCUT2D eigenvalue weighted by atomic mass is 9.56. The molecule has 2 atom stereocenters. The molecule has 0 radical (unpaired) electrons. The Kier molecular flexibility index (Phi) is 2.63. The fraction of sp³-hybridized carbons (Fsp3) is 0.125. The molecule has 0 saturated heterocycles. The number of nitrogens with zero attached hydrogens (tertiary/aromatic N) is 1. The maximum absolute atomic E-state index is 6.32. The number of aromatic nitrogens is 1. The van der Waals surface area contributed by atoms with E-state index in [1.165, 1.54) is 43.8 Å². The van der Waals surface area contributed by atoms with Gasteiger partial charge in [-0.15, -0.1) is 0 Å². The van der Waals surface area contributed by atoms with Crippen LogP contribution in [0.2, 0.25) is 0 Å². The van der Waals surface area contributed by atoms with Crippen molar-refractivity contribution in [3.05, 3.63) is 95.3 Å². The molecule has 6 rings (SSSR count). The van der Waals surface area contributed by atoms with Crippen LogP contribution in [-0.2, 0) is 10.3 Å². The molecule has 2 heteroatoms. The summed E-state index contributed by atoms with van der Waals surface area (Å²) in [4.78, 5) is 4.39. The van der Waals surface area contributed by atoms with E-state index in [2.05, 4.69) is 71.7 Å². The highest BCUT2D eigenvalue weighted by atomic mass is 16.5. The average molecular weight is 335 g/mol. The molecular weight excluding hydrogens is 318 g/mol. The van der Waals surface area contributed by atoms with Gasteiger partial charge in [0.15, 0.2) is 0 Å². The molecule has 0 spiro atoms. The first-order valence-corrected chi connectivity index (χ1v) is 8.98. The Hall–Kier alpha value is -2.97. The fourth-order valence-corrected chi connectivity index (χ4v) is 5.12. The predicted molar refractivity (Wildman–Crippen MR) is 105 cm³/mol. The third-order valence-electron chi connectivity index (χ3n) is 6.14. The van der Waals surface area contributed by atoms with Crippen LogP contribution >= 0.6 is 0 Å². The number of methoxy groups -OCH3 is 1. The van der Waals surface area contributed by atoms with Crippen LogP contribution in [0.25, 0.3) is 27.6 Å².